The first kappa shape index (κ1) is 9.53. The highest BCUT2D eigenvalue weighted by molar-refractivity contribution is 5.45. The molecule has 14 heavy (non-hydrogen) atoms. The Balaban J connectivity index is 2.18. The molecule has 2 rings (SSSR count). The van der Waals surface area contributed by atoms with Crippen LogP contribution < -0.4 is 10.1 Å². The molecule has 76 valence electrons. The van der Waals surface area contributed by atoms with E-state index >= 15 is 0 Å². The van der Waals surface area contributed by atoms with Crippen molar-refractivity contribution in [3.63, 3.8) is 0 Å². The zero-order chi connectivity index (χ0) is 9.97. The number of fused-ring (bicyclic) bond motifs is 1. The molecule has 0 saturated heterocycles. The van der Waals surface area contributed by atoms with Crippen LogP contribution in [0.15, 0.2) is 18.2 Å². The van der Waals surface area contributed by atoms with Crippen LogP contribution in [0.4, 0.5) is 0 Å². The van der Waals surface area contributed by atoms with E-state index in [2.05, 4.69) is 37.4 Å². The maximum atomic E-state index is 5.68. The summed E-state index contributed by atoms with van der Waals surface area (Å²) in [5.74, 6) is 1.08. The van der Waals surface area contributed by atoms with Crippen molar-refractivity contribution in [3.8, 4) is 5.75 Å². The summed E-state index contributed by atoms with van der Waals surface area (Å²) < 4.78 is 5.68. The monoisotopic (exact) mass is 191 g/mol. The number of aryl methyl sites for hydroxylation is 1. The molecule has 1 unspecified atom stereocenters. The van der Waals surface area contributed by atoms with Crippen molar-refractivity contribution in [2.24, 2.45) is 0 Å². The average molecular weight is 191 g/mol. The Labute approximate surface area is 85.3 Å². The number of para-hydroxylation sites is 1. The lowest BCUT2D eigenvalue weighted by Gasteiger charge is -2.10. The Morgan fingerprint density at radius 1 is 1.50 bits per heavy atom. The molecule has 0 aromatic heterocycles. The standard InChI is InChI=1S/C12H17NO/c1-3-7-13-11-8-14-12-9(2)5-4-6-10(11)12/h4-6,11,13H,3,7-8H2,1-2H3. The number of hydrogen-bond donors (Lipinski definition) is 1. The molecular formula is C12H17NO. The van der Waals surface area contributed by atoms with Gasteiger partial charge >= 0.3 is 0 Å². The van der Waals surface area contributed by atoms with Gasteiger partial charge in [-0.3, -0.25) is 0 Å². The van der Waals surface area contributed by atoms with Gasteiger partial charge in [-0.25, -0.2) is 0 Å². The zero-order valence-electron chi connectivity index (χ0n) is 8.84. The topological polar surface area (TPSA) is 21.3 Å². The minimum Gasteiger partial charge on any atom is -0.491 e. The van der Waals surface area contributed by atoms with Crippen LogP contribution in [0.3, 0.4) is 0 Å². The summed E-state index contributed by atoms with van der Waals surface area (Å²) in [7, 11) is 0. The molecule has 1 atom stereocenters. The van der Waals surface area contributed by atoms with E-state index in [4.69, 9.17) is 4.74 Å². The second-order valence-electron chi connectivity index (χ2n) is 3.81. The van der Waals surface area contributed by atoms with Crippen molar-refractivity contribution in [1.29, 1.82) is 0 Å². The summed E-state index contributed by atoms with van der Waals surface area (Å²) in [6.07, 6.45) is 1.16. The fraction of sp³-hybridized carbons (Fsp3) is 0.500. The van der Waals surface area contributed by atoms with Gasteiger partial charge in [0, 0.05) is 5.56 Å². The average Bonchev–Trinajstić information content (AvgIpc) is 2.60. The molecule has 1 N–H and O–H groups in total. The third-order valence-electron chi connectivity index (χ3n) is 2.65. The van der Waals surface area contributed by atoms with Crippen LogP contribution in [0.25, 0.3) is 0 Å². The second kappa shape index (κ2) is 4.01. The molecule has 2 heteroatoms. The van der Waals surface area contributed by atoms with Crippen LogP contribution in [0.5, 0.6) is 5.75 Å². The van der Waals surface area contributed by atoms with E-state index in [1.54, 1.807) is 0 Å². The Hall–Kier alpha value is -1.02. The maximum Gasteiger partial charge on any atom is 0.127 e. The van der Waals surface area contributed by atoms with E-state index in [1.165, 1.54) is 11.1 Å². The van der Waals surface area contributed by atoms with E-state index in [9.17, 15) is 0 Å². The SMILES string of the molecule is CCCNC1COc2c(C)cccc21. The van der Waals surface area contributed by atoms with Gasteiger partial charge in [-0.05, 0) is 25.5 Å². The second-order valence-corrected chi connectivity index (χ2v) is 3.81. The van der Waals surface area contributed by atoms with Gasteiger partial charge in [0.1, 0.15) is 12.4 Å². The van der Waals surface area contributed by atoms with Crippen LogP contribution in [0.1, 0.15) is 30.5 Å². The van der Waals surface area contributed by atoms with Gasteiger partial charge in [0.05, 0.1) is 6.04 Å². The van der Waals surface area contributed by atoms with Gasteiger partial charge in [-0.15, -0.1) is 0 Å². The highest BCUT2D eigenvalue weighted by atomic mass is 16.5. The highest BCUT2D eigenvalue weighted by Gasteiger charge is 2.23. The van der Waals surface area contributed by atoms with Gasteiger partial charge in [0.25, 0.3) is 0 Å². The predicted octanol–water partition coefficient (Wildman–Crippen LogP) is 2.43. The summed E-state index contributed by atoms with van der Waals surface area (Å²) >= 11 is 0. The molecule has 1 aromatic rings. The van der Waals surface area contributed by atoms with Gasteiger partial charge in [-0.1, -0.05) is 25.1 Å². The Morgan fingerprint density at radius 2 is 2.36 bits per heavy atom. The first-order valence-electron chi connectivity index (χ1n) is 5.28. The first-order chi connectivity index (χ1) is 6.83. The Bertz CT molecular complexity index is 322. The van der Waals surface area contributed by atoms with Crippen LogP contribution in [-0.2, 0) is 0 Å². The molecule has 0 spiro atoms. The number of ether oxygens (including phenoxy) is 1. The fourth-order valence-corrected chi connectivity index (χ4v) is 1.89. The normalized spacial score (nSPS) is 19.1. The quantitative estimate of drug-likeness (QED) is 0.792. The lowest BCUT2D eigenvalue weighted by Crippen LogP contribution is -2.22. The molecule has 2 nitrogen and oxygen atoms in total. The van der Waals surface area contributed by atoms with Gasteiger partial charge in [0.15, 0.2) is 0 Å². The Kier molecular flexibility index (Phi) is 2.73. The molecule has 0 fully saturated rings. The van der Waals surface area contributed by atoms with Gasteiger partial charge in [-0.2, -0.15) is 0 Å². The lowest BCUT2D eigenvalue weighted by molar-refractivity contribution is 0.310. The smallest absolute Gasteiger partial charge is 0.127 e. The van der Waals surface area contributed by atoms with Gasteiger partial charge < -0.3 is 10.1 Å². The van der Waals surface area contributed by atoms with E-state index in [0.717, 1.165) is 25.3 Å². The number of benzene rings is 1. The predicted molar refractivity (Wildman–Crippen MR) is 57.7 cm³/mol. The molecule has 1 aliphatic heterocycles. The Morgan fingerprint density at radius 3 is 3.14 bits per heavy atom. The largest absolute Gasteiger partial charge is 0.491 e. The summed E-state index contributed by atoms with van der Waals surface area (Å²) in [4.78, 5) is 0. The zero-order valence-corrected chi connectivity index (χ0v) is 8.84. The van der Waals surface area contributed by atoms with Crippen LogP contribution in [-0.4, -0.2) is 13.2 Å². The van der Waals surface area contributed by atoms with Crippen LogP contribution in [0, 0.1) is 6.92 Å². The minimum atomic E-state index is 0.393. The van der Waals surface area contributed by atoms with Crippen molar-refractivity contribution < 1.29 is 4.74 Å². The number of nitrogens with one attached hydrogen (secondary N) is 1. The number of rotatable bonds is 3. The van der Waals surface area contributed by atoms with E-state index in [-0.39, 0.29) is 0 Å². The molecular weight excluding hydrogens is 174 g/mol. The third-order valence-corrected chi connectivity index (χ3v) is 2.65. The molecule has 0 bridgehead atoms. The molecule has 0 aliphatic carbocycles. The first-order valence-corrected chi connectivity index (χ1v) is 5.28. The fourth-order valence-electron chi connectivity index (χ4n) is 1.89. The van der Waals surface area contributed by atoms with Crippen molar-refractivity contribution in [2.45, 2.75) is 26.3 Å². The molecule has 1 aromatic carbocycles. The molecule has 1 heterocycles. The minimum absolute atomic E-state index is 0.393. The summed E-state index contributed by atoms with van der Waals surface area (Å²) in [6.45, 7) is 6.11. The molecule has 0 amide bonds. The molecule has 1 aliphatic rings. The van der Waals surface area contributed by atoms with Crippen molar-refractivity contribution >= 4 is 0 Å². The summed E-state index contributed by atoms with van der Waals surface area (Å²) in [6, 6.07) is 6.75. The van der Waals surface area contributed by atoms with Crippen LogP contribution in [0.2, 0.25) is 0 Å². The van der Waals surface area contributed by atoms with E-state index in [1.807, 2.05) is 0 Å². The number of hydrogen-bond acceptors (Lipinski definition) is 2. The van der Waals surface area contributed by atoms with Gasteiger partial charge in [0.2, 0.25) is 0 Å². The van der Waals surface area contributed by atoms with Crippen molar-refractivity contribution in [2.75, 3.05) is 13.2 Å². The summed E-state index contributed by atoms with van der Waals surface area (Å²) in [5, 5.41) is 3.49. The van der Waals surface area contributed by atoms with E-state index in [0.29, 0.717) is 6.04 Å². The summed E-state index contributed by atoms with van der Waals surface area (Å²) in [5.41, 5.74) is 2.56. The molecule has 0 radical (unpaired) electrons. The van der Waals surface area contributed by atoms with Crippen LogP contribution >= 0.6 is 0 Å². The highest BCUT2D eigenvalue weighted by Crippen LogP contribution is 2.34. The van der Waals surface area contributed by atoms with E-state index < -0.39 is 0 Å². The lowest BCUT2D eigenvalue weighted by atomic mass is 10.1. The van der Waals surface area contributed by atoms with Crippen molar-refractivity contribution in [3.05, 3.63) is 29.3 Å². The van der Waals surface area contributed by atoms with Crippen molar-refractivity contribution in [1.82, 2.24) is 5.32 Å². The third kappa shape index (κ3) is 1.62. The maximum absolute atomic E-state index is 5.68. The molecule has 0 saturated carbocycles.